The second kappa shape index (κ2) is 5.52. The highest BCUT2D eigenvalue weighted by atomic mass is 19.1. The molecule has 104 valence electrons. The summed E-state index contributed by atoms with van der Waals surface area (Å²) in [5, 5.41) is 0. The van der Waals surface area contributed by atoms with E-state index < -0.39 is 11.6 Å². The molecule has 1 aromatic carbocycles. The van der Waals surface area contributed by atoms with Gasteiger partial charge in [-0.15, -0.1) is 0 Å². The SMILES string of the molecule is CC(=O)CN1CCN(c2c(F)cc(N)cc2F)CC1. The van der Waals surface area contributed by atoms with Crippen LogP contribution in [0.25, 0.3) is 0 Å². The zero-order chi connectivity index (χ0) is 14.0. The molecule has 1 aromatic rings. The van der Waals surface area contributed by atoms with E-state index in [1.807, 2.05) is 4.90 Å². The maximum absolute atomic E-state index is 13.8. The van der Waals surface area contributed by atoms with Gasteiger partial charge >= 0.3 is 0 Å². The number of hydrogen-bond acceptors (Lipinski definition) is 4. The molecule has 1 saturated heterocycles. The Morgan fingerprint density at radius 2 is 1.74 bits per heavy atom. The molecule has 0 spiro atoms. The summed E-state index contributed by atoms with van der Waals surface area (Å²) >= 11 is 0. The summed E-state index contributed by atoms with van der Waals surface area (Å²) < 4.78 is 27.5. The summed E-state index contributed by atoms with van der Waals surface area (Å²) in [7, 11) is 0. The van der Waals surface area contributed by atoms with Crippen molar-refractivity contribution in [3.05, 3.63) is 23.8 Å². The van der Waals surface area contributed by atoms with Crippen molar-refractivity contribution >= 4 is 17.2 Å². The summed E-state index contributed by atoms with van der Waals surface area (Å²) in [4.78, 5) is 14.7. The van der Waals surface area contributed by atoms with Crippen LogP contribution in [0.3, 0.4) is 0 Å². The van der Waals surface area contributed by atoms with E-state index in [0.29, 0.717) is 32.7 Å². The van der Waals surface area contributed by atoms with Gasteiger partial charge < -0.3 is 10.6 Å². The fourth-order valence-corrected chi connectivity index (χ4v) is 2.33. The van der Waals surface area contributed by atoms with Gasteiger partial charge in [0.1, 0.15) is 11.5 Å². The van der Waals surface area contributed by atoms with Crippen LogP contribution in [0.1, 0.15) is 6.92 Å². The first kappa shape index (κ1) is 13.7. The van der Waals surface area contributed by atoms with Crippen molar-refractivity contribution in [3.8, 4) is 0 Å². The van der Waals surface area contributed by atoms with Crippen LogP contribution >= 0.6 is 0 Å². The largest absolute Gasteiger partial charge is 0.399 e. The molecule has 19 heavy (non-hydrogen) atoms. The zero-order valence-corrected chi connectivity index (χ0v) is 10.8. The molecule has 2 rings (SSSR count). The summed E-state index contributed by atoms with van der Waals surface area (Å²) in [5.74, 6) is -1.19. The third-order valence-corrected chi connectivity index (χ3v) is 3.17. The van der Waals surface area contributed by atoms with E-state index in [9.17, 15) is 13.6 Å². The highest BCUT2D eigenvalue weighted by Crippen LogP contribution is 2.26. The van der Waals surface area contributed by atoms with Crippen molar-refractivity contribution in [1.82, 2.24) is 4.90 Å². The van der Waals surface area contributed by atoms with Crippen LogP contribution in [-0.4, -0.2) is 43.4 Å². The lowest BCUT2D eigenvalue weighted by molar-refractivity contribution is -0.118. The summed E-state index contributed by atoms with van der Waals surface area (Å²) in [6, 6.07) is 2.25. The van der Waals surface area contributed by atoms with Gasteiger partial charge in [0, 0.05) is 31.9 Å². The molecule has 0 bridgehead atoms. The summed E-state index contributed by atoms with van der Waals surface area (Å²) in [5.41, 5.74) is 5.44. The molecular formula is C13H17F2N3O. The number of Topliss-reactive ketones (excluding diaryl/α,β-unsaturated/α-hetero) is 1. The minimum absolute atomic E-state index is 0.0309. The molecule has 0 atom stereocenters. The number of nitrogens with two attached hydrogens (primary N) is 1. The lowest BCUT2D eigenvalue weighted by Crippen LogP contribution is -2.48. The molecule has 0 saturated carbocycles. The zero-order valence-electron chi connectivity index (χ0n) is 10.8. The van der Waals surface area contributed by atoms with E-state index >= 15 is 0 Å². The minimum Gasteiger partial charge on any atom is -0.399 e. The minimum atomic E-state index is -0.641. The van der Waals surface area contributed by atoms with Crippen LogP contribution in [0.5, 0.6) is 0 Å². The monoisotopic (exact) mass is 269 g/mol. The number of ketones is 1. The van der Waals surface area contributed by atoms with E-state index in [2.05, 4.69) is 0 Å². The summed E-state index contributed by atoms with van der Waals surface area (Å²) in [6.45, 7) is 4.13. The van der Waals surface area contributed by atoms with Gasteiger partial charge in [0.15, 0.2) is 11.6 Å². The third kappa shape index (κ3) is 3.20. The molecule has 0 aromatic heterocycles. The number of nitrogens with zero attached hydrogens (tertiary/aromatic N) is 2. The number of benzene rings is 1. The Morgan fingerprint density at radius 1 is 1.21 bits per heavy atom. The van der Waals surface area contributed by atoms with Gasteiger partial charge in [0.2, 0.25) is 0 Å². The Labute approximate surface area is 110 Å². The molecule has 6 heteroatoms. The van der Waals surface area contributed by atoms with Gasteiger partial charge in [-0.1, -0.05) is 0 Å². The fraction of sp³-hybridized carbons (Fsp3) is 0.462. The van der Waals surface area contributed by atoms with Gasteiger partial charge in [-0.2, -0.15) is 0 Å². The number of carbonyl (C=O) groups excluding carboxylic acids is 1. The molecule has 1 heterocycles. The first-order valence-corrected chi connectivity index (χ1v) is 6.18. The number of piperazine rings is 1. The normalized spacial score (nSPS) is 16.7. The average molecular weight is 269 g/mol. The highest BCUT2D eigenvalue weighted by Gasteiger charge is 2.23. The van der Waals surface area contributed by atoms with Gasteiger partial charge in [-0.25, -0.2) is 8.78 Å². The predicted molar refractivity (Wildman–Crippen MR) is 70.1 cm³/mol. The van der Waals surface area contributed by atoms with Crippen LogP contribution in [0.15, 0.2) is 12.1 Å². The molecule has 1 aliphatic heterocycles. The molecule has 2 N–H and O–H groups in total. The van der Waals surface area contributed by atoms with Gasteiger partial charge in [0.05, 0.1) is 6.54 Å². The van der Waals surface area contributed by atoms with Gasteiger partial charge in [-0.3, -0.25) is 9.69 Å². The lowest BCUT2D eigenvalue weighted by Gasteiger charge is -2.35. The maximum Gasteiger partial charge on any atom is 0.151 e. The first-order chi connectivity index (χ1) is 8.97. The lowest BCUT2D eigenvalue weighted by atomic mass is 10.2. The Morgan fingerprint density at radius 3 is 2.21 bits per heavy atom. The topological polar surface area (TPSA) is 49.6 Å². The highest BCUT2D eigenvalue weighted by molar-refractivity contribution is 5.77. The second-order valence-electron chi connectivity index (χ2n) is 4.80. The van der Waals surface area contributed by atoms with Crippen molar-refractivity contribution in [2.45, 2.75) is 6.92 Å². The van der Waals surface area contributed by atoms with Crippen LogP contribution in [0.4, 0.5) is 20.2 Å². The molecule has 0 radical (unpaired) electrons. The Bertz CT molecular complexity index is 462. The molecule has 1 fully saturated rings. The molecule has 0 amide bonds. The van der Waals surface area contributed by atoms with E-state index in [0.717, 1.165) is 12.1 Å². The third-order valence-electron chi connectivity index (χ3n) is 3.17. The first-order valence-electron chi connectivity index (χ1n) is 6.18. The summed E-state index contributed by atoms with van der Waals surface area (Å²) in [6.07, 6.45) is 0. The van der Waals surface area contributed by atoms with Crippen molar-refractivity contribution in [1.29, 1.82) is 0 Å². The van der Waals surface area contributed by atoms with E-state index in [-0.39, 0.29) is 17.2 Å². The average Bonchev–Trinajstić information content (AvgIpc) is 2.29. The van der Waals surface area contributed by atoms with Crippen LogP contribution in [-0.2, 0) is 4.79 Å². The maximum atomic E-state index is 13.8. The van der Waals surface area contributed by atoms with Gasteiger partial charge in [-0.05, 0) is 19.1 Å². The van der Waals surface area contributed by atoms with E-state index in [1.54, 1.807) is 4.90 Å². The van der Waals surface area contributed by atoms with Crippen LogP contribution < -0.4 is 10.6 Å². The quantitative estimate of drug-likeness (QED) is 0.839. The van der Waals surface area contributed by atoms with Crippen molar-refractivity contribution in [2.75, 3.05) is 43.4 Å². The van der Waals surface area contributed by atoms with Crippen LogP contribution in [0, 0.1) is 11.6 Å². The number of nitrogen functional groups attached to an aromatic ring is 1. The number of hydrogen-bond donors (Lipinski definition) is 1. The standard InChI is InChI=1S/C13H17F2N3O/c1-9(19)8-17-2-4-18(5-3-17)13-11(14)6-10(16)7-12(13)15/h6-7H,2-5,8,16H2,1H3. The fourth-order valence-electron chi connectivity index (χ4n) is 2.33. The van der Waals surface area contributed by atoms with E-state index in [4.69, 9.17) is 5.73 Å². The van der Waals surface area contributed by atoms with E-state index in [1.165, 1.54) is 6.92 Å². The predicted octanol–water partition coefficient (Wildman–Crippen LogP) is 1.26. The second-order valence-corrected chi connectivity index (χ2v) is 4.80. The smallest absolute Gasteiger partial charge is 0.151 e. The Kier molecular flexibility index (Phi) is 3.99. The molecule has 4 nitrogen and oxygen atoms in total. The van der Waals surface area contributed by atoms with Crippen molar-refractivity contribution in [3.63, 3.8) is 0 Å². The number of halogens is 2. The molecule has 0 unspecified atom stereocenters. The molecular weight excluding hydrogens is 252 g/mol. The molecule has 1 aliphatic rings. The van der Waals surface area contributed by atoms with Crippen molar-refractivity contribution < 1.29 is 13.6 Å². The van der Waals surface area contributed by atoms with Crippen molar-refractivity contribution in [2.24, 2.45) is 0 Å². The number of anilines is 2. The Balaban J connectivity index is 2.08. The number of carbonyl (C=O) groups is 1. The molecule has 0 aliphatic carbocycles. The van der Waals surface area contributed by atoms with Crippen LogP contribution in [0.2, 0.25) is 0 Å². The number of rotatable bonds is 3. The van der Waals surface area contributed by atoms with Gasteiger partial charge in [0.25, 0.3) is 0 Å². The Hall–Kier alpha value is -1.69.